The predicted molar refractivity (Wildman–Crippen MR) is 70.1 cm³/mol. The quantitative estimate of drug-likeness (QED) is 0.348. The number of carbonyl (C=O) groups is 1. The van der Waals surface area contributed by atoms with Gasteiger partial charge < -0.3 is 14.6 Å². The number of aliphatic hydroxyl groups excluding tert-OH is 1. The van der Waals surface area contributed by atoms with Crippen LogP contribution in [0.25, 0.3) is 0 Å². The van der Waals surface area contributed by atoms with Gasteiger partial charge in [0.2, 0.25) is 0 Å². The molecule has 0 rings (SSSR count). The van der Waals surface area contributed by atoms with Gasteiger partial charge in [-0.15, -0.1) is 0 Å². The van der Waals surface area contributed by atoms with Crippen molar-refractivity contribution >= 4 is 28.6 Å². The van der Waals surface area contributed by atoms with Crippen molar-refractivity contribution in [1.82, 2.24) is 0 Å². The van der Waals surface area contributed by atoms with E-state index in [1.54, 1.807) is 0 Å². The summed E-state index contributed by atoms with van der Waals surface area (Å²) in [5, 5.41) is 9.74. The van der Waals surface area contributed by atoms with Crippen molar-refractivity contribution in [3.63, 3.8) is 0 Å². The molecular weight excluding hydrogens is 323 g/mol. The fourth-order valence-corrected chi connectivity index (χ4v) is 1.69. The van der Waals surface area contributed by atoms with E-state index in [2.05, 4.69) is 27.3 Å². The smallest absolute Gasteiger partial charge is 0.372 e. The Bertz CT molecular complexity index is 273. The molecule has 4 nitrogen and oxygen atoms in total. The standard InChI is InChI=1S/C11H17IO4/c1-8(6-7-12)9(13)4-5-10(15-2)11(14)16-3/h5-9,13H,4H2,1-3H3/b7-6+,10-5+/t8-,9-/m0/s1. The number of methoxy groups -OCH3 is 2. The number of hydrogen-bond acceptors (Lipinski definition) is 4. The van der Waals surface area contributed by atoms with Crippen molar-refractivity contribution in [3.05, 3.63) is 22.0 Å². The monoisotopic (exact) mass is 340 g/mol. The molecule has 0 aromatic carbocycles. The Morgan fingerprint density at radius 3 is 2.50 bits per heavy atom. The molecular formula is C11H17IO4. The molecule has 0 aliphatic rings. The second-order valence-electron chi connectivity index (χ2n) is 3.24. The van der Waals surface area contributed by atoms with Crippen molar-refractivity contribution in [2.24, 2.45) is 5.92 Å². The van der Waals surface area contributed by atoms with Crippen LogP contribution in [-0.4, -0.2) is 31.4 Å². The van der Waals surface area contributed by atoms with Crippen molar-refractivity contribution in [1.29, 1.82) is 0 Å². The van der Waals surface area contributed by atoms with E-state index in [0.717, 1.165) is 0 Å². The molecule has 16 heavy (non-hydrogen) atoms. The normalized spacial score (nSPS) is 15.9. The summed E-state index contributed by atoms with van der Waals surface area (Å²) in [6.45, 7) is 1.90. The molecule has 0 bridgehead atoms. The lowest BCUT2D eigenvalue weighted by atomic mass is 10.0. The van der Waals surface area contributed by atoms with E-state index >= 15 is 0 Å². The Kier molecular flexibility index (Phi) is 8.28. The minimum Gasteiger partial charge on any atom is -0.490 e. The third-order valence-corrected chi connectivity index (χ3v) is 2.55. The molecule has 1 N–H and O–H groups in total. The molecule has 2 atom stereocenters. The second-order valence-corrected chi connectivity index (χ2v) is 3.96. The molecule has 0 aliphatic heterocycles. The third kappa shape index (κ3) is 5.50. The largest absolute Gasteiger partial charge is 0.490 e. The van der Waals surface area contributed by atoms with Crippen LogP contribution in [-0.2, 0) is 14.3 Å². The SMILES string of the molecule is COC(=O)/C(=C\C[C@H](O)[C@@H](C)/C=C/I)OC. The lowest BCUT2D eigenvalue weighted by Crippen LogP contribution is -2.15. The molecule has 0 aromatic heterocycles. The molecule has 0 unspecified atom stereocenters. The van der Waals surface area contributed by atoms with Crippen LogP contribution in [0.4, 0.5) is 0 Å². The van der Waals surface area contributed by atoms with Gasteiger partial charge in [-0.3, -0.25) is 0 Å². The summed E-state index contributed by atoms with van der Waals surface area (Å²) in [7, 11) is 2.68. The maximum Gasteiger partial charge on any atom is 0.372 e. The average Bonchev–Trinajstić information content (AvgIpc) is 2.29. The zero-order valence-electron chi connectivity index (χ0n) is 9.64. The molecule has 0 aliphatic carbocycles. The van der Waals surface area contributed by atoms with Gasteiger partial charge in [-0.05, 0) is 16.6 Å². The van der Waals surface area contributed by atoms with Gasteiger partial charge in [0.1, 0.15) is 0 Å². The Labute approximate surface area is 109 Å². The van der Waals surface area contributed by atoms with Crippen LogP contribution in [0, 0.1) is 5.92 Å². The molecule has 0 spiro atoms. The minimum atomic E-state index is -0.541. The summed E-state index contributed by atoms with van der Waals surface area (Å²) in [5.74, 6) is -0.386. The molecule has 0 saturated carbocycles. The summed E-state index contributed by atoms with van der Waals surface area (Å²) >= 11 is 2.10. The van der Waals surface area contributed by atoms with E-state index in [9.17, 15) is 9.90 Å². The Hall–Kier alpha value is -0.560. The number of ether oxygens (including phenoxy) is 2. The summed E-state index contributed by atoms with van der Waals surface area (Å²) in [6, 6.07) is 0. The van der Waals surface area contributed by atoms with Gasteiger partial charge in [0.05, 0.1) is 20.3 Å². The maximum atomic E-state index is 11.1. The van der Waals surface area contributed by atoms with Crippen molar-refractivity contribution in [3.8, 4) is 0 Å². The molecule has 0 fully saturated rings. The minimum absolute atomic E-state index is 0.0314. The first-order valence-electron chi connectivity index (χ1n) is 4.84. The number of esters is 1. The number of aliphatic hydroxyl groups is 1. The second kappa shape index (κ2) is 8.58. The number of carbonyl (C=O) groups excluding carboxylic acids is 1. The predicted octanol–water partition coefficient (Wildman–Crippen LogP) is 2.03. The van der Waals surface area contributed by atoms with Gasteiger partial charge in [0, 0.05) is 5.92 Å². The van der Waals surface area contributed by atoms with Crippen molar-refractivity contribution in [2.45, 2.75) is 19.4 Å². The lowest BCUT2D eigenvalue weighted by Gasteiger charge is -2.13. The zero-order valence-corrected chi connectivity index (χ0v) is 11.8. The van der Waals surface area contributed by atoms with Gasteiger partial charge in [-0.2, -0.15) is 0 Å². The van der Waals surface area contributed by atoms with Crippen LogP contribution >= 0.6 is 22.6 Å². The van der Waals surface area contributed by atoms with Crippen LogP contribution in [0.2, 0.25) is 0 Å². The topological polar surface area (TPSA) is 55.8 Å². The van der Waals surface area contributed by atoms with Crippen LogP contribution in [0.3, 0.4) is 0 Å². The van der Waals surface area contributed by atoms with E-state index < -0.39 is 12.1 Å². The van der Waals surface area contributed by atoms with Crippen molar-refractivity contribution < 1.29 is 19.4 Å². The number of hydrogen-bond donors (Lipinski definition) is 1. The summed E-state index contributed by atoms with van der Waals surface area (Å²) in [5.41, 5.74) is 0. The molecule has 0 amide bonds. The highest BCUT2D eigenvalue weighted by atomic mass is 127. The Morgan fingerprint density at radius 2 is 2.06 bits per heavy atom. The van der Waals surface area contributed by atoms with Gasteiger partial charge in [-0.1, -0.05) is 35.6 Å². The third-order valence-electron chi connectivity index (χ3n) is 2.13. The average molecular weight is 340 g/mol. The molecule has 0 radical (unpaired) electrons. The first kappa shape index (κ1) is 15.4. The van der Waals surface area contributed by atoms with Gasteiger partial charge >= 0.3 is 5.97 Å². The van der Waals surface area contributed by atoms with E-state index in [1.165, 1.54) is 20.3 Å². The van der Waals surface area contributed by atoms with Gasteiger partial charge in [-0.25, -0.2) is 4.79 Å². The first-order valence-corrected chi connectivity index (χ1v) is 6.08. The number of rotatable bonds is 6. The highest BCUT2D eigenvalue weighted by Crippen LogP contribution is 2.12. The highest BCUT2D eigenvalue weighted by Gasteiger charge is 2.13. The number of halogens is 1. The van der Waals surface area contributed by atoms with Gasteiger partial charge in [0.15, 0.2) is 5.76 Å². The molecule has 92 valence electrons. The fraction of sp³-hybridized carbons (Fsp3) is 0.545. The summed E-state index contributed by atoms with van der Waals surface area (Å²) < 4.78 is 11.2. The molecule has 0 saturated heterocycles. The van der Waals surface area contributed by atoms with E-state index in [-0.39, 0.29) is 11.7 Å². The molecule has 0 aromatic rings. The fourth-order valence-electron chi connectivity index (χ4n) is 1.04. The zero-order chi connectivity index (χ0) is 12.6. The lowest BCUT2D eigenvalue weighted by molar-refractivity contribution is -0.139. The van der Waals surface area contributed by atoms with Crippen LogP contribution in [0.1, 0.15) is 13.3 Å². The van der Waals surface area contributed by atoms with Crippen LogP contribution < -0.4 is 0 Å². The maximum absolute atomic E-state index is 11.1. The Morgan fingerprint density at radius 1 is 1.44 bits per heavy atom. The highest BCUT2D eigenvalue weighted by molar-refractivity contribution is 14.1. The molecule has 0 heterocycles. The van der Waals surface area contributed by atoms with Gasteiger partial charge in [0.25, 0.3) is 0 Å². The van der Waals surface area contributed by atoms with Crippen LogP contribution in [0.15, 0.2) is 22.0 Å². The van der Waals surface area contributed by atoms with E-state index in [1.807, 2.05) is 17.1 Å². The van der Waals surface area contributed by atoms with E-state index in [0.29, 0.717) is 6.42 Å². The van der Waals surface area contributed by atoms with E-state index in [4.69, 9.17) is 4.74 Å². The van der Waals surface area contributed by atoms with Crippen molar-refractivity contribution in [2.75, 3.05) is 14.2 Å². The summed E-state index contributed by atoms with van der Waals surface area (Å²) in [4.78, 5) is 11.1. The van der Waals surface area contributed by atoms with Crippen LogP contribution in [0.5, 0.6) is 0 Å². The summed E-state index contributed by atoms with van der Waals surface area (Å²) in [6.07, 6.45) is 3.24. The Balaban J connectivity index is 4.37. The first-order chi connectivity index (χ1) is 7.56. The molecule has 5 heteroatoms.